The minimum Gasteiger partial charge on any atom is -0.385 e. The summed E-state index contributed by atoms with van der Waals surface area (Å²) in [5.74, 6) is 0. The third-order valence-corrected chi connectivity index (χ3v) is 5.01. The van der Waals surface area contributed by atoms with Crippen molar-refractivity contribution >= 4 is 26.7 Å². The molecule has 3 nitrogen and oxygen atoms in total. The van der Waals surface area contributed by atoms with E-state index in [0.29, 0.717) is 5.41 Å². The second kappa shape index (κ2) is 5.10. The molecule has 0 saturated heterocycles. The Hall–Kier alpha value is -1.13. The van der Waals surface area contributed by atoms with Gasteiger partial charge in [-0.05, 0) is 43.2 Å². The molecule has 0 aliphatic heterocycles. The van der Waals surface area contributed by atoms with Crippen LogP contribution in [0.5, 0.6) is 0 Å². The molecule has 0 bridgehead atoms. The fourth-order valence-electron chi connectivity index (χ4n) is 2.44. The van der Waals surface area contributed by atoms with E-state index in [2.05, 4.69) is 30.4 Å². The van der Waals surface area contributed by atoms with Crippen molar-refractivity contribution in [2.75, 3.05) is 25.6 Å². The van der Waals surface area contributed by atoms with Gasteiger partial charge < -0.3 is 10.1 Å². The van der Waals surface area contributed by atoms with Crippen LogP contribution in [0.3, 0.4) is 0 Å². The number of hydrogen-bond donors (Lipinski definition) is 1. The molecule has 1 fully saturated rings. The van der Waals surface area contributed by atoms with E-state index < -0.39 is 0 Å². The normalized spacial score (nSPS) is 16.7. The summed E-state index contributed by atoms with van der Waals surface area (Å²) in [6.45, 7) is 4.00. The van der Waals surface area contributed by atoms with Crippen LogP contribution in [0.2, 0.25) is 0 Å². The Balaban J connectivity index is 1.67. The molecule has 1 aliphatic carbocycles. The molecule has 1 aromatic carbocycles. The van der Waals surface area contributed by atoms with E-state index in [9.17, 15) is 0 Å². The number of methoxy groups -OCH3 is 1. The van der Waals surface area contributed by atoms with E-state index in [0.717, 1.165) is 30.2 Å². The highest BCUT2D eigenvalue weighted by molar-refractivity contribution is 7.22. The molecule has 19 heavy (non-hydrogen) atoms. The number of hydrogen-bond acceptors (Lipinski definition) is 4. The number of aryl methyl sites for hydroxylation is 1. The van der Waals surface area contributed by atoms with Gasteiger partial charge in [-0.2, -0.15) is 0 Å². The number of nitrogens with zero attached hydrogens (tertiary/aromatic N) is 1. The first-order valence-electron chi connectivity index (χ1n) is 6.81. The Labute approximate surface area is 118 Å². The molecule has 2 aromatic rings. The smallest absolute Gasteiger partial charge is 0.183 e. The number of anilines is 1. The number of benzene rings is 1. The van der Waals surface area contributed by atoms with Gasteiger partial charge in [-0.1, -0.05) is 23.5 Å². The summed E-state index contributed by atoms with van der Waals surface area (Å²) in [6, 6.07) is 6.36. The van der Waals surface area contributed by atoms with Crippen molar-refractivity contribution in [3.05, 3.63) is 23.8 Å². The third kappa shape index (κ3) is 2.74. The maximum atomic E-state index is 5.19. The van der Waals surface area contributed by atoms with E-state index in [4.69, 9.17) is 9.72 Å². The Morgan fingerprint density at radius 1 is 1.42 bits per heavy atom. The summed E-state index contributed by atoms with van der Waals surface area (Å²) < 4.78 is 6.46. The molecule has 0 radical (unpaired) electrons. The summed E-state index contributed by atoms with van der Waals surface area (Å²) in [7, 11) is 1.78. The standard InChI is InChI=1S/C15H20N2OS/c1-11-4-3-5-12-13(11)17-14(19-12)16-10-15(6-7-15)8-9-18-2/h3-5H,6-10H2,1-2H3,(H,16,17). The van der Waals surface area contributed by atoms with Crippen LogP contribution in [-0.4, -0.2) is 25.2 Å². The van der Waals surface area contributed by atoms with Crippen LogP contribution in [-0.2, 0) is 4.74 Å². The van der Waals surface area contributed by atoms with Crippen LogP contribution in [0, 0.1) is 12.3 Å². The first-order valence-corrected chi connectivity index (χ1v) is 7.63. The average molecular weight is 276 g/mol. The molecule has 1 aliphatic rings. The summed E-state index contributed by atoms with van der Waals surface area (Å²) in [6.07, 6.45) is 3.78. The molecule has 0 spiro atoms. The van der Waals surface area contributed by atoms with Crippen LogP contribution in [0.4, 0.5) is 5.13 Å². The zero-order chi connectivity index (χ0) is 13.3. The quantitative estimate of drug-likeness (QED) is 0.870. The summed E-state index contributed by atoms with van der Waals surface area (Å²) in [5, 5.41) is 4.57. The van der Waals surface area contributed by atoms with Gasteiger partial charge in [0.2, 0.25) is 0 Å². The van der Waals surface area contributed by atoms with Crippen molar-refractivity contribution in [1.82, 2.24) is 4.98 Å². The lowest BCUT2D eigenvalue weighted by atomic mass is 10.0. The topological polar surface area (TPSA) is 34.1 Å². The highest BCUT2D eigenvalue weighted by Gasteiger charge is 2.41. The predicted molar refractivity (Wildman–Crippen MR) is 81.0 cm³/mol. The Bertz CT molecular complexity index is 575. The number of rotatable bonds is 6. The molecule has 1 N–H and O–H groups in total. The number of thiazole rings is 1. The van der Waals surface area contributed by atoms with Crippen molar-refractivity contribution < 1.29 is 4.74 Å². The van der Waals surface area contributed by atoms with E-state index >= 15 is 0 Å². The van der Waals surface area contributed by atoms with E-state index in [-0.39, 0.29) is 0 Å². The highest BCUT2D eigenvalue weighted by Crippen LogP contribution is 2.48. The van der Waals surface area contributed by atoms with Gasteiger partial charge in [0, 0.05) is 20.3 Å². The molecule has 3 rings (SSSR count). The number of ether oxygens (including phenoxy) is 1. The summed E-state index contributed by atoms with van der Waals surface area (Å²) >= 11 is 1.75. The van der Waals surface area contributed by atoms with Crippen LogP contribution in [0.25, 0.3) is 10.2 Å². The minimum atomic E-state index is 0.461. The summed E-state index contributed by atoms with van der Waals surface area (Å²) in [4.78, 5) is 4.70. The maximum absolute atomic E-state index is 5.19. The largest absolute Gasteiger partial charge is 0.385 e. The van der Waals surface area contributed by atoms with Crippen molar-refractivity contribution in [1.29, 1.82) is 0 Å². The lowest BCUT2D eigenvalue weighted by Gasteiger charge is -2.14. The second-order valence-corrected chi connectivity index (χ2v) is 6.57. The fraction of sp³-hybridized carbons (Fsp3) is 0.533. The fourth-order valence-corrected chi connectivity index (χ4v) is 3.37. The average Bonchev–Trinajstić information content (AvgIpc) is 3.05. The number of aromatic nitrogens is 1. The number of nitrogens with one attached hydrogen (secondary N) is 1. The van der Waals surface area contributed by atoms with Crippen LogP contribution >= 0.6 is 11.3 Å². The molecule has 0 atom stereocenters. The molecule has 1 saturated carbocycles. The lowest BCUT2D eigenvalue weighted by Crippen LogP contribution is -2.17. The SMILES string of the molecule is COCCC1(CNc2nc3c(C)cccc3s2)CC1. The first-order chi connectivity index (χ1) is 9.22. The lowest BCUT2D eigenvalue weighted by molar-refractivity contribution is 0.175. The molecule has 1 heterocycles. The monoisotopic (exact) mass is 276 g/mol. The van der Waals surface area contributed by atoms with Crippen molar-refractivity contribution in [3.8, 4) is 0 Å². The van der Waals surface area contributed by atoms with Crippen LogP contribution in [0.1, 0.15) is 24.8 Å². The Morgan fingerprint density at radius 2 is 2.26 bits per heavy atom. The molecule has 1 aromatic heterocycles. The molecule has 0 amide bonds. The van der Waals surface area contributed by atoms with Crippen molar-refractivity contribution in [2.24, 2.45) is 5.41 Å². The third-order valence-electron chi connectivity index (χ3n) is 4.03. The molecule has 0 unspecified atom stereocenters. The number of para-hydroxylation sites is 1. The number of fused-ring (bicyclic) bond motifs is 1. The van der Waals surface area contributed by atoms with Gasteiger partial charge in [0.1, 0.15) is 0 Å². The molecule has 102 valence electrons. The van der Waals surface area contributed by atoms with Crippen molar-refractivity contribution in [2.45, 2.75) is 26.2 Å². The Kier molecular flexibility index (Phi) is 3.46. The van der Waals surface area contributed by atoms with Gasteiger partial charge >= 0.3 is 0 Å². The molecular weight excluding hydrogens is 256 g/mol. The highest BCUT2D eigenvalue weighted by atomic mass is 32.1. The van der Waals surface area contributed by atoms with E-state index in [1.165, 1.54) is 23.1 Å². The minimum absolute atomic E-state index is 0.461. The van der Waals surface area contributed by atoms with E-state index in [1.54, 1.807) is 18.4 Å². The summed E-state index contributed by atoms with van der Waals surface area (Å²) in [5.41, 5.74) is 2.85. The molecular formula is C15H20N2OS. The predicted octanol–water partition coefficient (Wildman–Crippen LogP) is 3.83. The van der Waals surface area contributed by atoms with E-state index in [1.807, 2.05) is 0 Å². The maximum Gasteiger partial charge on any atom is 0.183 e. The van der Waals surface area contributed by atoms with Gasteiger partial charge in [0.05, 0.1) is 10.2 Å². The van der Waals surface area contributed by atoms with Crippen molar-refractivity contribution in [3.63, 3.8) is 0 Å². The van der Waals surface area contributed by atoms with Gasteiger partial charge in [-0.3, -0.25) is 0 Å². The zero-order valence-electron chi connectivity index (χ0n) is 11.5. The van der Waals surface area contributed by atoms with Gasteiger partial charge in [-0.25, -0.2) is 4.98 Å². The van der Waals surface area contributed by atoms with Crippen LogP contribution < -0.4 is 5.32 Å². The van der Waals surface area contributed by atoms with Gasteiger partial charge in [0.25, 0.3) is 0 Å². The van der Waals surface area contributed by atoms with Gasteiger partial charge in [0.15, 0.2) is 5.13 Å². The molecule has 4 heteroatoms. The Morgan fingerprint density at radius 3 is 2.95 bits per heavy atom. The zero-order valence-corrected chi connectivity index (χ0v) is 12.3. The second-order valence-electron chi connectivity index (χ2n) is 5.54. The first kappa shape index (κ1) is 12.9. The van der Waals surface area contributed by atoms with Crippen LogP contribution in [0.15, 0.2) is 18.2 Å². The van der Waals surface area contributed by atoms with Gasteiger partial charge in [-0.15, -0.1) is 0 Å².